The summed E-state index contributed by atoms with van der Waals surface area (Å²) in [6.07, 6.45) is 0. The van der Waals surface area contributed by atoms with E-state index in [9.17, 15) is 9.59 Å². The maximum absolute atomic E-state index is 12.8. The van der Waals surface area contributed by atoms with E-state index >= 15 is 0 Å². The molecule has 0 radical (unpaired) electrons. The van der Waals surface area contributed by atoms with Gasteiger partial charge in [-0.25, -0.2) is 0 Å². The van der Waals surface area contributed by atoms with Crippen LogP contribution in [0.1, 0.15) is 36.1 Å². The molecule has 0 aliphatic carbocycles. The van der Waals surface area contributed by atoms with E-state index in [2.05, 4.69) is 36.8 Å². The molecule has 3 aromatic rings. The Morgan fingerprint density at radius 3 is 2.42 bits per heavy atom. The fourth-order valence-electron chi connectivity index (χ4n) is 2.97. The molecule has 1 heterocycles. The van der Waals surface area contributed by atoms with Crippen LogP contribution in [0.15, 0.2) is 52.1 Å². The normalized spacial score (nSPS) is 12.0. The molecule has 2 aromatic carbocycles. The van der Waals surface area contributed by atoms with Gasteiger partial charge in [0.2, 0.25) is 5.91 Å². The predicted molar refractivity (Wildman–Crippen MR) is 136 cm³/mol. The van der Waals surface area contributed by atoms with Crippen molar-refractivity contribution < 1.29 is 9.59 Å². The number of anilines is 1. The molecular weight excluding hydrogens is 549 g/mol. The Balaban J connectivity index is 1.67. The molecule has 33 heavy (non-hydrogen) atoms. The van der Waals surface area contributed by atoms with Gasteiger partial charge in [0.1, 0.15) is 0 Å². The second-order valence-electron chi connectivity index (χ2n) is 7.57. The quantitative estimate of drug-likeness (QED) is 0.337. The number of nitrogens with one attached hydrogen (secondary N) is 2. The van der Waals surface area contributed by atoms with Crippen LogP contribution in [0.2, 0.25) is 10.0 Å². The lowest BCUT2D eigenvalue weighted by Crippen LogP contribution is -2.33. The van der Waals surface area contributed by atoms with Gasteiger partial charge in [0.25, 0.3) is 5.91 Å². The molecule has 0 aliphatic heterocycles. The molecule has 7 nitrogen and oxygen atoms in total. The number of thioether (sulfide) groups is 1. The average molecular weight is 571 g/mol. The fraction of sp³-hybridized carbons (Fsp3) is 0.273. The van der Waals surface area contributed by atoms with Crippen LogP contribution in [0.5, 0.6) is 0 Å². The molecule has 11 heteroatoms. The molecule has 0 unspecified atom stereocenters. The first-order valence-electron chi connectivity index (χ1n) is 9.99. The van der Waals surface area contributed by atoms with E-state index in [1.165, 1.54) is 17.8 Å². The Bertz CT molecular complexity index is 1150. The van der Waals surface area contributed by atoms with Crippen molar-refractivity contribution in [2.75, 3.05) is 11.1 Å². The molecule has 0 saturated heterocycles. The van der Waals surface area contributed by atoms with Crippen LogP contribution in [-0.2, 0) is 11.8 Å². The molecule has 0 aliphatic rings. The topological polar surface area (TPSA) is 88.9 Å². The zero-order valence-electron chi connectivity index (χ0n) is 18.1. The third kappa shape index (κ3) is 6.72. The molecule has 0 spiro atoms. The second kappa shape index (κ2) is 11.4. The van der Waals surface area contributed by atoms with Gasteiger partial charge in [0, 0.05) is 22.8 Å². The number of rotatable bonds is 8. The molecule has 174 valence electrons. The fourth-order valence-corrected chi connectivity index (χ4v) is 4.25. The van der Waals surface area contributed by atoms with Crippen LogP contribution in [0, 0.1) is 5.92 Å². The largest absolute Gasteiger partial charge is 0.342 e. The minimum atomic E-state index is -0.393. The summed E-state index contributed by atoms with van der Waals surface area (Å²) in [5.41, 5.74) is 1.11. The number of halogens is 3. The zero-order chi connectivity index (χ0) is 24.1. The van der Waals surface area contributed by atoms with Gasteiger partial charge in [-0.3, -0.25) is 9.59 Å². The summed E-state index contributed by atoms with van der Waals surface area (Å²) in [5.74, 6) is 0.357. The zero-order valence-corrected chi connectivity index (χ0v) is 22.0. The van der Waals surface area contributed by atoms with Crippen LogP contribution >= 0.6 is 50.9 Å². The molecule has 0 fully saturated rings. The molecule has 2 amide bonds. The van der Waals surface area contributed by atoms with E-state index in [1.54, 1.807) is 16.7 Å². The van der Waals surface area contributed by atoms with E-state index in [4.69, 9.17) is 23.2 Å². The van der Waals surface area contributed by atoms with Crippen molar-refractivity contribution >= 4 is 68.4 Å². The number of aromatic nitrogens is 3. The van der Waals surface area contributed by atoms with Gasteiger partial charge in [-0.05, 0) is 48.4 Å². The highest BCUT2D eigenvalue weighted by molar-refractivity contribution is 9.10. The van der Waals surface area contributed by atoms with Crippen molar-refractivity contribution in [2.24, 2.45) is 13.0 Å². The number of hydrogen-bond acceptors (Lipinski definition) is 5. The van der Waals surface area contributed by atoms with E-state index in [0.717, 1.165) is 4.47 Å². The number of benzene rings is 2. The first-order chi connectivity index (χ1) is 15.7. The van der Waals surface area contributed by atoms with Gasteiger partial charge in [0.05, 0.1) is 21.8 Å². The van der Waals surface area contributed by atoms with E-state index in [-0.39, 0.29) is 23.5 Å². The lowest BCUT2D eigenvalue weighted by Gasteiger charge is -2.22. The first kappa shape index (κ1) is 25.6. The minimum absolute atomic E-state index is 0.0400. The summed E-state index contributed by atoms with van der Waals surface area (Å²) in [7, 11) is 1.81. The van der Waals surface area contributed by atoms with E-state index in [0.29, 0.717) is 32.3 Å². The highest BCUT2D eigenvalue weighted by atomic mass is 79.9. The molecule has 1 atom stereocenters. The molecular formula is C22H22BrCl2N5O2S. The van der Waals surface area contributed by atoms with Gasteiger partial charge in [-0.1, -0.05) is 64.7 Å². The van der Waals surface area contributed by atoms with Crippen LogP contribution in [0.4, 0.5) is 5.69 Å². The third-order valence-electron chi connectivity index (χ3n) is 4.74. The molecule has 0 bridgehead atoms. The smallest absolute Gasteiger partial charge is 0.251 e. The Hall–Kier alpha value is -2.07. The molecule has 0 saturated carbocycles. The first-order valence-corrected chi connectivity index (χ1v) is 12.5. The van der Waals surface area contributed by atoms with E-state index in [1.807, 2.05) is 45.2 Å². The monoisotopic (exact) mass is 569 g/mol. The predicted octanol–water partition coefficient (Wildman–Crippen LogP) is 5.74. The standard InChI is InChI=1S/C22H22BrCl2N5O2S/c1-12(2)19(27-21(32)13-4-9-16(24)17(25)10-13)20-28-29-22(30(20)3)33-11-18(31)26-15-7-5-14(23)6-8-15/h4-10,12,19H,11H2,1-3H3,(H,26,31)(H,27,32)/t19-/m0/s1. The number of amides is 2. The maximum Gasteiger partial charge on any atom is 0.251 e. The Morgan fingerprint density at radius 2 is 1.79 bits per heavy atom. The summed E-state index contributed by atoms with van der Waals surface area (Å²) in [5, 5.41) is 15.6. The van der Waals surface area contributed by atoms with Gasteiger partial charge in [-0.2, -0.15) is 0 Å². The van der Waals surface area contributed by atoms with Crippen LogP contribution in [-0.4, -0.2) is 32.3 Å². The highest BCUT2D eigenvalue weighted by Gasteiger charge is 2.25. The average Bonchev–Trinajstić information content (AvgIpc) is 3.13. The third-order valence-corrected chi connectivity index (χ3v) is 7.03. The lowest BCUT2D eigenvalue weighted by atomic mass is 10.0. The number of carbonyl (C=O) groups is 2. The summed E-state index contributed by atoms with van der Waals surface area (Å²) in [6.45, 7) is 3.96. The SMILES string of the molecule is CC(C)[C@H](NC(=O)c1ccc(Cl)c(Cl)c1)c1nnc(SCC(=O)Nc2ccc(Br)cc2)n1C. The summed E-state index contributed by atoms with van der Waals surface area (Å²) < 4.78 is 2.73. The van der Waals surface area contributed by atoms with Crippen molar-refractivity contribution in [1.82, 2.24) is 20.1 Å². The van der Waals surface area contributed by atoms with Gasteiger partial charge < -0.3 is 15.2 Å². The Labute approximate surface area is 214 Å². The van der Waals surface area contributed by atoms with Gasteiger partial charge in [0.15, 0.2) is 11.0 Å². The highest BCUT2D eigenvalue weighted by Crippen LogP contribution is 2.26. The van der Waals surface area contributed by atoms with Gasteiger partial charge >= 0.3 is 0 Å². The summed E-state index contributed by atoms with van der Waals surface area (Å²) in [4.78, 5) is 25.1. The molecule has 2 N–H and O–H groups in total. The maximum atomic E-state index is 12.8. The summed E-state index contributed by atoms with van der Waals surface area (Å²) >= 11 is 16.6. The van der Waals surface area contributed by atoms with Gasteiger partial charge in [-0.15, -0.1) is 10.2 Å². The summed E-state index contributed by atoms with van der Waals surface area (Å²) in [6, 6.07) is 11.7. The van der Waals surface area contributed by atoms with Crippen molar-refractivity contribution in [3.63, 3.8) is 0 Å². The number of nitrogens with zero attached hydrogens (tertiary/aromatic N) is 3. The molecule has 1 aromatic heterocycles. The van der Waals surface area contributed by atoms with Crippen molar-refractivity contribution in [1.29, 1.82) is 0 Å². The molecule has 3 rings (SSSR count). The van der Waals surface area contributed by atoms with Crippen LogP contribution in [0.25, 0.3) is 0 Å². The number of hydrogen-bond donors (Lipinski definition) is 2. The number of carbonyl (C=O) groups excluding carboxylic acids is 2. The van der Waals surface area contributed by atoms with Crippen LogP contribution in [0.3, 0.4) is 0 Å². The Kier molecular flexibility index (Phi) is 8.81. The van der Waals surface area contributed by atoms with Crippen molar-refractivity contribution in [3.05, 3.63) is 68.4 Å². The lowest BCUT2D eigenvalue weighted by molar-refractivity contribution is -0.113. The Morgan fingerprint density at radius 1 is 1.09 bits per heavy atom. The van der Waals surface area contributed by atoms with Crippen molar-refractivity contribution in [3.8, 4) is 0 Å². The second-order valence-corrected chi connectivity index (χ2v) is 10.2. The van der Waals surface area contributed by atoms with Crippen molar-refractivity contribution in [2.45, 2.75) is 25.0 Å². The minimum Gasteiger partial charge on any atom is -0.342 e. The van der Waals surface area contributed by atoms with E-state index < -0.39 is 6.04 Å². The van der Waals surface area contributed by atoms with Crippen LogP contribution < -0.4 is 10.6 Å².